The smallest absolute Gasteiger partial charge is 0.0178 e. The van der Waals surface area contributed by atoms with E-state index in [2.05, 4.69) is 47.1 Å². The Morgan fingerprint density at radius 1 is 1.57 bits per heavy atom. The fourth-order valence-electron chi connectivity index (χ4n) is 2.43. The lowest BCUT2D eigenvalue weighted by Gasteiger charge is -2.48. The van der Waals surface area contributed by atoms with Crippen LogP contribution in [0.25, 0.3) is 0 Å². The van der Waals surface area contributed by atoms with Crippen molar-refractivity contribution in [1.82, 2.24) is 0 Å². The van der Waals surface area contributed by atoms with Crippen LogP contribution in [0.4, 0.5) is 0 Å². The topological polar surface area (TPSA) is 26.0 Å². The van der Waals surface area contributed by atoms with Gasteiger partial charge in [0.05, 0.1) is 0 Å². The summed E-state index contributed by atoms with van der Waals surface area (Å²) in [6, 6.07) is 8.58. The Balaban J connectivity index is 2.37. The van der Waals surface area contributed by atoms with E-state index < -0.39 is 0 Å². The summed E-state index contributed by atoms with van der Waals surface area (Å²) < 4.78 is 1.15. The first-order chi connectivity index (χ1) is 6.69. The van der Waals surface area contributed by atoms with Crippen molar-refractivity contribution in [2.24, 2.45) is 11.7 Å². The molecular weight excluding hydrogens is 238 g/mol. The summed E-state index contributed by atoms with van der Waals surface area (Å²) in [7, 11) is 0. The van der Waals surface area contributed by atoms with Gasteiger partial charge in [-0.3, -0.25) is 0 Å². The number of halogens is 1. The van der Waals surface area contributed by atoms with Crippen molar-refractivity contribution in [3.63, 3.8) is 0 Å². The van der Waals surface area contributed by atoms with Gasteiger partial charge in [-0.05, 0) is 36.5 Å². The molecule has 2 rings (SSSR count). The van der Waals surface area contributed by atoms with E-state index in [1.54, 1.807) is 0 Å². The minimum atomic E-state index is 0.254. The van der Waals surface area contributed by atoms with Gasteiger partial charge in [0.2, 0.25) is 0 Å². The van der Waals surface area contributed by atoms with Gasteiger partial charge in [0.25, 0.3) is 0 Å². The van der Waals surface area contributed by atoms with Gasteiger partial charge in [0.15, 0.2) is 0 Å². The maximum absolute atomic E-state index is 5.93. The molecule has 2 atom stereocenters. The third kappa shape index (κ3) is 1.41. The Bertz CT molecular complexity index is 333. The molecule has 0 aromatic heterocycles. The maximum atomic E-state index is 5.93. The predicted octanol–water partition coefficient (Wildman–Crippen LogP) is 3.08. The van der Waals surface area contributed by atoms with Crippen LogP contribution in [-0.2, 0) is 5.41 Å². The van der Waals surface area contributed by atoms with Crippen LogP contribution in [0.15, 0.2) is 28.7 Å². The van der Waals surface area contributed by atoms with E-state index in [0.717, 1.165) is 16.9 Å². The molecule has 1 aliphatic rings. The number of rotatable bonds is 2. The van der Waals surface area contributed by atoms with Crippen LogP contribution in [0.1, 0.15) is 25.3 Å². The highest BCUT2D eigenvalue weighted by Crippen LogP contribution is 2.48. The van der Waals surface area contributed by atoms with Gasteiger partial charge in [-0.25, -0.2) is 0 Å². The van der Waals surface area contributed by atoms with Gasteiger partial charge in [-0.15, -0.1) is 0 Å². The minimum absolute atomic E-state index is 0.254. The van der Waals surface area contributed by atoms with Crippen LogP contribution in [-0.4, -0.2) is 6.54 Å². The number of hydrogen-bond donors (Lipinski definition) is 1. The van der Waals surface area contributed by atoms with Crippen LogP contribution < -0.4 is 5.73 Å². The van der Waals surface area contributed by atoms with Crippen molar-refractivity contribution in [2.75, 3.05) is 6.54 Å². The Kier molecular flexibility index (Phi) is 2.67. The first-order valence-electron chi connectivity index (χ1n) is 5.15. The highest BCUT2D eigenvalue weighted by atomic mass is 79.9. The number of hydrogen-bond acceptors (Lipinski definition) is 1. The quantitative estimate of drug-likeness (QED) is 0.862. The van der Waals surface area contributed by atoms with Crippen molar-refractivity contribution in [3.8, 4) is 0 Å². The molecule has 2 heteroatoms. The monoisotopic (exact) mass is 253 g/mol. The van der Waals surface area contributed by atoms with Crippen molar-refractivity contribution in [2.45, 2.75) is 25.2 Å². The van der Waals surface area contributed by atoms with Crippen LogP contribution in [0.5, 0.6) is 0 Å². The molecule has 1 aromatic carbocycles. The van der Waals surface area contributed by atoms with Gasteiger partial charge in [0, 0.05) is 16.4 Å². The lowest BCUT2D eigenvalue weighted by atomic mass is 9.57. The minimum Gasteiger partial charge on any atom is -0.330 e. The average Bonchev–Trinajstić information content (AvgIpc) is 2.17. The molecule has 0 aliphatic heterocycles. The fourth-order valence-corrected chi connectivity index (χ4v) is 2.83. The zero-order valence-corrected chi connectivity index (χ0v) is 10.0. The molecule has 1 aromatic rings. The number of benzene rings is 1. The summed E-state index contributed by atoms with van der Waals surface area (Å²) in [5.74, 6) is 0.724. The van der Waals surface area contributed by atoms with Gasteiger partial charge in [-0.2, -0.15) is 0 Å². The first kappa shape index (κ1) is 10.2. The zero-order chi connectivity index (χ0) is 10.2. The average molecular weight is 254 g/mol. The largest absolute Gasteiger partial charge is 0.330 e. The molecule has 0 bridgehead atoms. The lowest BCUT2D eigenvalue weighted by molar-refractivity contribution is 0.146. The van der Waals surface area contributed by atoms with Crippen molar-refractivity contribution in [3.05, 3.63) is 34.3 Å². The second-order valence-corrected chi connectivity index (χ2v) is 5.23. The SMILES string of the molecule is CC1CCC1(CN)c1cccc(Br)c1. The van der Waals surface area contributed by atoms with E-state index in [4.69, 9.17) is 5.73 Å². The molecule has 0 heterocycles. The van der Waals surface area contributed by atoms with Gasteiger partial charge in [-0.1, -0.05) is 35.0 Å². The Hall–Kier alpha value is -0.340. The summed E-state index contributed by atoms with van der Waals surface area (Å²) >= 11 is 3.52. The van der Waals surface area contributed by atoms with Gasteiger partial charge in [0.1, 0.15) is 0 Å². The highest BCUT2D eigenvalue weighted by Gasteiger charge is 2.43. The zero-order valence-electron chi connectivity index (χ0n) is 8.46. The van der Waals surface area contributed by atoms with Crippen LogP contribution in [0, 0.1) is 5.92 Å². The predicted molar refractivity (Wildman–Crippen MR) is 63.3 cm³/mol. The highest BCUT2D eigenvalue weighted by molar-refractivity contribution is 9.10. The molecule has 1 aliphatic carbocycles. The van der Waals surface area contributed by atoms with Crippen molar-refractivity contribution >= 4 is 15.9 Å². The molecule has 76 valence electrons. The van der Waals surface area contributed by atoms with Crippen LogP contribution >= 0.6 is 15.9 Å². The summed E-state index contributed by atoms with van der Waals surface area (Å²) in [6.45, 7) is 3.07. The summed E-state index contributed by atoms with van der Waals surface area (Å²) in [5, 5.41) is 0. The molecule has 14 heavy (non-hydrogen) atoms. The maximum Gasteiger partial charge on any atom is 0.0178 e. The first-order valence-corrected chi connectivity index (χ1v) is 5.94. The third-order valence-electron chi connectivity index (χ3n) is 3.73. The lowest BCUT2D eigenvalue weighted by Crippen LogP contribution is -2.48. The fraction of sp³-hybridized carbons (Fsp3) is 0.500. The van der Waals surface area contributed by atoms with E-state index in [9.17, 15) is 0 Å². The van der Waals surface area contributed by atoms with Gasteiger partial charge < -0.3 is 5.73 Å². The van der Waals surface area contributed by atoms with E-state index in [1.807, 2.05) is 0 Å². The van der Waals surface area contributed by atoms with Crippen molar-refractivity contribution in [1.29, 1.82) is 0 Å². The molecule has 2 N–H and O–H groups in total. The second-order valence-electron chi connectivity index (χ2n) is 4.31. The van der Waals surface area contributed by atoms with Crippen LogP contribution in [0.2, 0.25) is 0 Å². The molecule has 0 radical (unpaired) electrons. The molecule has 0 amide bonds. The Morgan fingerprint density at radius 3 is 2.79 bits per heavy atom. The summed E-state index contributed by atoms with van der Waals surface area (Å²) in [5.41, 5.74) is 7.58. The number of nitrogens with two attached hydrogens (primary N) is 1. The normalized spacial score (nSPS) is 31.2. The van der Waals surface area contributed by atoms with E-state index in [0.29, 0.717) is 0 Å². The molecule has 0 spiro atoms. The van der Waals surface area contributed by atoms with Crippen LogP contribution in [0.3, 0.4) is 0 Å². The molecule has 0 saturated heterocycles. The summed E-state index contributed by atoms with van der Waals surface area (Å²) in [4.78, 5) is 0. The third-order valence-corrected chi connectivity index (χ3v) is 4.22. The Morgan fingerprint density at radius 2 is 2.36 bits per heavy atom. The molecule has 1 saturated carbocycles. The molecule has 1 nitrogen and oxygen atoms in total. The molecular formula is C12H16BrN. The summed E-state index contributed by atoms with van der Waals surface area (Å²) in [6.07, 6.45) is 2.55. The van der Waals surface area contributed by atoms with E-state index in [-0.39, 0.29) is 5.41 Å². The second kappa shape index (κ2) is 3.67. The van der Waals surface area contributed by atoms with E-state index in [1.165, 1.54) is 18.4 Å². The Labute approximate surface area is 93.8 Å². The molecule has 1 fully saturated rings. The van der Waals surface area contributed by atoms with E-state index >= 15 is 0 Å². The van der Waals surface area contributed by atoms with Crippen molar-refractivity contribution < 1.29 is 0 Å². The van der Waals surface area contributed by atoms with Gasteiger partial charge >= 0.3 is 0 Å². The molecule has 2 unspecified atom stereocenters. The standard InChI is InChI=1S/C12H16BrN/c1-9-5-6-12(9,8-14)10-3-2-4-11(13)7-10/h2-4,7,9H,5-6,8,14H2,1H3.